The highest BCUT2D eigenvalue weighted by molar-refractivity contribution is 5.94. The number of benzene rings is 1. The van der Waals surface area contributed by atoms with Crippen LogP contribution in [0.15, 0.2) is 24.3 Å². The van der Waals surface area contributed by atoms with E-state index in [0.29, 0.717) is 5.56 Å². The number of carboxylic acids is 1. The molecule has 1 amide bonds. The van der Waals surface area contributed by atoms with E-state index in [1.54, 1.807) is 24.3 Å². The highest BCUT2D eigenvalue weighted by Gasteiger charge is 2.51. The maximum absolute atomic E-state index is 13.0. The number of hydrogen-bond acceptors (Lipinski definition) is 15. The Bertz CT molecular complexity index is 1260. The Hall–Kier alpha value is -2.32. The van der Waals surface area contributed by atoms with E-state index in [1.165, 1.54) is 6.92 Å². The number of carbonyl (C=O) groups is 2. The second-order valence-electron chi connectivity index (χ2n) is 14.1. The molecule has 7 N–H and O–H groups in total. The van der Waals surface area contributed by atoms with Gasteiger partial charge in [0.15, 0.2) is 12.6 Å². The van der Waals surface area contributed by atoms with Crippen LogP contribution in [-0.4, -0.2) is 148 Å². The Morgan fingerprint density at radius 3 is 2.22 bits per heavy atom. The SMILES string of the molecule is Cc1ccc(C(=O)NCC2OCCC(OC3OC(CO)C(O)C(OC(CC4CCCCC4)C(=O)[O-])C3O)C2OC2OC(C)C(O)C(O)C2O)cc1. The normalized spacial score (nSPS) is 38.5. The maximum atomic E-state index is 13.0. The monoisotopic (exact) mass is 726 g/mol. The lowest BCUT2D eigenvalue weighted by Gasteiger charge is -2.47. The largest absolute Gasteiger partial charge is 0.547 e. The van der Waals surface area contributed by atoms with Gasteiger partial charge in [-0.25, -0.2) is 0 Å². The van der Waals surface area contributed by atoms with Crippen molar-refractivity contribution in [2.24, 2.45) is 5.92 Å². The summed E-state index contributed by atoms with van der Waals surface area (Å²) in [4.78, 5) is 25.1. The van der Waals surface area contributed by atoms with Gasteiger partial charge < -0.3 is 74.3 Å². The zero-order valence-corrected chi connectivity index (χ0v) is 28.9. The molecule has 16 nitrogen and oxygen atoms in total. The van der Waals surface area contributed by atoms with Gasteiger partial charge in [-0.1, -0.05) is 49.8 Å². The Labute approximate surface area is 296 Å². The van der Waals surface area contributed by atoms with Gasteiger partial charge >= 0.3 is 0 Å². The van der Waals surface area contributed by atoms with Gasteiger partial charge in [0.2, 0.25) is 0 Å². The van der Waals surface area contributed by atoms with Crippen molar-refractivity contribution in [1.29, 1.82) is 0 Å². The number of rotatable bonds is 13. The third kappa shape index (κ3) is 9.82. The van der Waals surface area contributed by atoms with E-state index >= 15 is 0 Å². The van der Waals surface area contributed by atoms with Crippen LogP contribution in [0.2, 0.25) is 0 Å². The van der Waals surface area contributed by atoms with Crippen molar-refractivity contribution in [3.8, 4) is 0 Å². The van der Waals surface area contributed by atoms with Crippen LogP contribution in [0.3, 0.4) is 0 Å². The van der Waals surface area contributed by atoms with Crippen LogP contribution in [-0.2, 0) is 33.2 Å². The van der Waals surface area contributed by atoms with Crippen LogP contribution < -0.4 is 10.4 Å². The molecule has 1 aromatic carbocycles. The minimum Gasteiger partial charge on any atom is -0.547 e. The molecule has 14 atom stereocenters. The van der Waals surface area contributed by atoms with Crippen LogP contribution in [0.1, 0.15) is 67.8 Å². The van der Waals surface area contributed by atoms with Crippen LogP contribution in [0.4, 0.5) is 0 Å². The lowest BCUT2D eigenvalue weighted by atomic mass is 9.85. The lowest BCUT2D eigenvalue weighted by molar-refractivity contribution is -0.359. The zero-order valence-electron chi connectivity index (χ0n) is 28.9. The van der Waals surface area contributed by atoms with Crippen molar-refractivity contribution < 1.29 is 73.8 Å². The molecule has 14 unspecified atom stereocenters. The minimum absolute atomic E-state index is 0.0692. The molecular weight excluding hydrogens is 674 g/mol. The predicted octanol–water partition coefficient (Wildman–Crippen LogP) is -1.98. The van der Waals surface area contributed by atoms with Gasteiger partial charge in [-0.15, -0.1) is 0 Å². The summed E-state index contributed by atoms with van der Waals surface area (Å²) >= 11 is 0. The van der Waals surface area contributed by atoms with Gasteiger partial charge in [-0.2, -0.15) is 0 Å². The van der Waals surface area contributed by atoms with Crippen molar-refractivity contribution in [3.05, 3.63) is 35.4 Å². The molecule has 5 rings (SSSR count). The molecule has 4 fully saturated rings. The van der Waals surface area contributed by atoms with Crippen molar-refractivity contribution in [2.45, 2.75) is 145 Å². The topological polar surface area (TPSA) is 246 Å². The van der Waals surface area contributed by atoms with Crippen molar-refractivity contribution in [3.63, 3.8) is 0 Å². The first kappa shape index (κ1) is 39.9. The van der Waals surface area contributed by atoms with Gasteiger partial charge in [-0.05, 0) is 44.7 Å². The molecule has 4 aliphatic rings. The first-order chi connectivity index (χ1) is 24.4. The maximum Gasteiger partial charge on any atom is 0.251 e. The molecule has 3 saturated heterocycles. The number of carboxylic acid groups (broad SMARTS) is 1. The molecule has 1 saturated carbocycles. The summed E-state index contributed by atoms with van der Waals surface area (Å²) in [7, 11) is 0. The molecule has 1 aliphatic carbocycles. The Morgan fingerprint density at radius 2 is 1.55 bits per heavy atom. The van der Waals surface area contributed by atoms with E-state index < -0.39 is 104 Å². The lowest BCUT2D eigenvalue weighted by Crippen LogP contribution is -2.64. The molecule has 0 spiro atoms. The van der Waals surface area contributed by atoms with Crippen LogP contribution in [0.25, 0.3) is 0 Å². The summed E-state index contributed by atoms with van der Waals surface area (Å²) < 4.78 is 35.7. The molecular formula is C35H52NO15-. The van der Waals surface area contributed by atoms with Gasteiger partial charge in [0.25, 0.3) is 5.91 Å². The molecule has 0 bridgehead atoms. The molecule has 51 heavy (non-hydrogen) atoms. The molecule has 3 aliphatic heterocycles. The summed E-state index contributed by atoms with van der Waals surface area (Å²) in [5.74, 6) is -1.83. The van der Waals surface area contributed by atoms with E-state index in [1.807, 2.05) is 6.92 Å². The zero-order chi connectivity index (χ0) is 36.8. The number of amides is 1. The third-order valence-corrected chi connectivity index (χ3v) is 10.3. The summed E-state index contributed by atoms with van der Waals surface area (Å²) in [5.41, 5.74) is 1.37. The highest BCUT2D eigenvalue weighted by atomic mass is 16.7. The number of hydrogen-bond donors (Lipinski definition) is 7. The number of aliphatic hydroxyl groups excluding tert-OH is 6. The van der Waals surface area contributed by atoms with Gasteiger partial charge in [-0.3, -0.25) is 4.79 Å². The second-order valence-corrected chi connectivity index (χ2v) is 14.1. The summed E-state index contributed by atoms with van der Waals surface area (Å²) in [6.07, 6.45) is -14.6. The van der Waals surface area contributed by atoms with E-state index in [2.05, 4.69) is 5.32 Å². The quantitative estimate of drug-likeness (QED) is 0.117. The van der Waals surface area contributed by atoms with Crippen LogP contribution in [0, 0.1) is 12.8 Å². The van der Waals surface area contributed by atoms with Crippen molar-refractivity contribution in [1.82, 2.24) is 5.32 Å². The number of aryl methyl sites for hydroxylation is 1. The minimum atomic E-state index is -1.74. The van der Waals surface area contributed by atoms with Gasteiger partial charge in [0, 0.05) is 18.7 Å². The summed E-state index contributed by atoms with van der Waals surface area (Å²) in [6.45, 7) is 2.65. The fourth-order valence-electron chi connectivity index (χ4n) is 7.23. The number of aliphatic hydroxyl groups is 6. The Kier molecular flexibility index (Phi) is 14.2. The van der Waals surface area contributed by atoms with E-state index in [9.17, 15) is 45.3 Å². The molecule has 1 aromatic rings. The second kappa shape index (κ2) is 18.1. The number of carbonyl (C=O) groups excluding carboxylic acids is 2. The highest BCUT2D eigenvalue weighted by Crippen LogP contribution is 2.34. The average Bonchev–Trinajstić information content (AvgIpc) is 3.12. The van der Waals surface area contributed by atoms with Gasteiger partial charge in [0.05, 0.1) is 30.9 Å². The summed E-state index contributed by atoms with van der Waals surface area (Å²) in [6, 6.07) is 6.91. The molecule has 288 valence electrons. The summed E-state index contributed by atoms with van der Waals surface area (Å²) in [5, 5.41) is 78.8. The predicted molar refractivity (Wildman–Crippen MR) is 173 cm³/mol. The van der Waals surface area contributed by atoms with Crippen LogP contribution >= 0.6 is 0 Å². The first-order valence-corrected chi connectivity index (χ1v) is 17.8. The number of ether oxygens (including phenoxy) is 6. The fraction of sp³-hybridized carbons (Fsp3) is 0.771. The standard InChI is InChI=1S/C35H53NO15/c1-17-8-10-20(11-9-17)32(43)36-15-23-30(51-34-28(41)27(40)25(38)18(2)47-34)21(12-13-46-23)49-35-29(42)31(26(39)24(16-37)50-35)48-22(33(44)45)14-19-6-4-3-5-7-19/h8-11,18-19,21-31,34-35,37-42H,3-7,12-16H2,1-2H3,(H,36,43)(H,44,45)/p-1. The Balaban J connectivity index is 1.34. The van der Waals surface area contributed by atoms with Crippen LogP contribution in [0.5, 0.6) is 0 Å². The Morgan fingerprint density at radius 1 is 0.863 bits per heavy atom. The molecule has 0 radical (unpaired) electrons. The average molecular weight is 727 g/mol. The van der Waals surface area contributed by atoms with Gasteiger partial charge in [0.1, 0.15) is 54.9 Å². The molecule has 16 heteroatoms. The smallest absolute Gasteiger partial charge is 0.251 e. The number of nitrogens with one attached hydrogen (secondary N) is 1. The van der Waals surface area contributed by atoms with E-state index in [-0.39, 0.29) is 31.9 Å². The molecule has 0 aromatic heterocycles. The van der Waals surface area contributed by atoms with Crippen molar-refractivity contribution in [2.75, 3.05) is 19.8 Å². The fourth-order valence-corrected chi connectivity index (χ4v) is 7.23. The molecule has 3 heterocycles. The van der Waals surface area contributed by atoms with Crippen molar-refractivity contribution >= 4 is 11.9 Å². The first-order valence-electron chi connectivity index (χ1n) is 17.8. The van der Waals surface area contributed by atoms with E-state index in [0.717, 1.165) is 37.7 Å². The van der Waals surface area contributed by atoms with E-state index in [4.69, 9.17) is 28.4 Å². The third-order valence-electron chi connectivity index (χ3n) is 10.3. The number of aliphatic carboxylic acids is 1.